The van der Waals surface area contributed by atoms with Gasteiger partial charge in [-0.3, -0.25) is 4.90 Å². The number of nitrogens with two attached hydrogens (primary N) is 1. The fourth-order valence-corrected chi connectivity index (χ4v) is 2.84. The van der Waals surface area contributed by atoms with Crippen molar-refractivity contribution in [1.29, 1.82) is 0 Å². The molecule has 112 valence electrons. The van der Waals surface area contributed by atoms with E-state index in [1.54, 1.807) is 0 Å². The second-order valence-electron chi connectivity index (χ2n) is 4.86. The summed E-state index contributed by atoms with van der Waals surface area (Å²) in [7, 11) is 0. The van der Waals surface area contributed by atoms with Crippen molar-refractivity contribution in [3.63, 3.8) is 0 Å². The Labute approximate surface area is 124 Å². The zero-order valence-corrected chi connectivity index (χ0v) is 12.5. The van der Waals surface area contributed by atoms with Crippen LogP contribution in [0.3, 0.4) is 0 Å². The lowest BCUT2D eigenvalue weighted by molar-refractivity contribution is -0.146. The van der Waals surface area contributed by atoms with E-state index in [2.05, 4.69) is 20.8 Å². The minimum Gasteiger partial charge on any atom is -0.369 e. The van der Waals surface area contributed by atoms with Gasteiger partial charge in [-0.25, -0.2) is 0 Å². The molecular formula is C13H17BrF3N3. The van der Waals surface area contributed by atoms with Gasteiger partial charge in [-0.1, -0.05) is 15.9 Å². The molecule has 0 aliphatic carbocycles. The molecule has 2 N–H and O–H groups in total. The Kier molecular flexibility index (Phi) is 4.93. The first-order valence-corrected chi connectivity index (χ1v) is 7.21. The van der Waals surface area contributed by atoms with Gasteiger partial charge in [0.1, 0.15) is 0 Å². The van der Waals surface area contributed by atoms with Gasteiger partial charge in [0.25, 0.3) is 0 Å². The van der Waals surface area contributed by atoms with Crippen LogP contribution in [0, 0.1) is 0 Å². The molecular weight excluding hydrogens is 335 g/mol. The SMILES string of the molecule is NCc1cc(Br)ccc1N1CCN(CC(F)(F)F)CC1. The van der Waals surface area contributed by atoms with E-state index in [1.807, 2.05) is 18.2 Å². The molecule has 1 aromatic carbocycles. The second-order valence-corrected chi connectivity index (χ2v) is 5.77. The number of benzene rings is 1. The van der Waals surface area contributed by atoms with Crippen molar-refractivity contribution in [2.45, 2.75) is 12.7 Å². The summed E-state index contributed by atoms with van der Waals surface area (Å²) in [6, 6.07) is 5.85. The standard InChI is InChI=1S/C13H17BrF3N3/c14-11-1-2-12(10(7-11)8-18)20-5-3-19(4-6-20)9-13(15,16)17/h1-2,7H,3-6,8-9,18H2. The van der Waals surface area contributed by atoms with Crippen molar-refractivity contribution >= 4 is 21.6 Å². The maximum atomic E-state index is 12.3. The summed E-state index contributed by atoms with van der Waals surface area (Å²) in [6.45, 7) is 1.59. The number of piperazine rings is 1. The third-order valence-corrected chi connectivity index (χ3v) is 3.87. The Balaban J connectivity index is 2.00. The summed E-state index contributed by atoms with van der Waals surface area (Å²) < 4.78 is 38.0. The average Bonchev–Trinajstić information content (AvgIpc) is 2.38. The fraction of sp³-hybridized carbons (Fsp3) is 0.538. The molecule has 0 atom stereocenters. The molecule has 0 unspecified atom stereocenters. The molecule has 1 aliphatic heterocycles. The van der Waals surface area contributed by atoms with Gasteiger partial charge in [-0.2, -0.15) is 13.2 Å². The highest BCUT2D eigenvalue weighted by atomic mass is 79.9. The molecule has 0 spiro atoms. The van der Waals surface area contributed by atoms with Gasteiger partial charge in [0.15, 0.2) is 0 Å². The van der Waals surface area contributed by atoms with E-state index in [-0.39, 0.29) is 0 Å². The summed E-state index contributed by atoms with van der Waals surface area (Å²) in [4.78, 5) is 3.54. The van der Waals surface area contributed by atoms with Crippen LogP contribution in [0.4, 0.5) is 18.9 Å². The first-order valence-electron chi connectivity index (χ1n) is 6.41. The van der Waals surface area contributed by atoms with Crippen LogP contribution < -0.4 is 10.6 Å². The van der Waals surface area contributed by atoms with Gasteiger partial charge in [-0.05, 0) is 23.8 Å². The lowest BCUT2D eigenvalue weighted by atomic mass is 10.1. The maximum Gasteiger partial charge on any atom is 0.401 e. The van der Waals surface area contributed by atoms with Crippen molar-refractivity contribution in [1.82, 2.24) is 4.90 Å². The second kappa shape index (κ2) is 6.32. The molecule has 2 rings (SSSR count). The first-order chi connectivity index (χ1) is 9.39. The zero-order valence-electron chi connectivity index (χ0n) is 11.0. The van der Waals surface area contributed by atoms with E-state index in [0.717, 1.165) is 15.7 Å². The van der Waals surface area contributed by atoms with Gasteiger partial charge in [-0.15, -0.1) is 0 Å². The third kappa shape index (κ3) is 4.10. The molecule has 1 aliphatic rings. The van der Waals surface area contributed by atoms with Gasteiger partial charge in [0, 0.05) is 42.9 Å². The van der Waals surface area contributed by atoms with Crippen molar-refractivity contribution in [3.05, 3.63) is 28.2 Å². The van der Waals surface area contributed by atoms with E-state index < -0.39 is 12.7 Å². The molecule has 1 fully saturated rings. The molecule has 0 bridgehead atoms. The maximum absolute atomic E-state index is 12.3. The third-order valence-electron chi connectivity index (χ3n) is 3.38. The van der Waals surface area contributed by atoms with E-state index in [0.29, 0.717) is 32.7 Å². The Morgan fingerprint density at radius 2 is 1.80 bits per heavy atom. The normalized spacial score (nSPS) is 17.6. The Hall–Kier alpha value is -0.790. The number of hydrogen-bond donors (Lipinski definition) is 1. The van der Waals surface area contributed by atoms with Crippen LogP contribution in [-0.2, 0) is 6.54 Å². The van der Waals surface area contributed by atoms with Gasteiger partial charge >= 0.3 is 6.18 Å². The number of anilines is 1. The molecule has 20 heavy (non-hydrogen) atoms. The summed E-state index contributed by atoms with van der Waals surface area (Å²) in [5.41, 5.74) is 7.75. The van der Waals surface area contributed by atoms with Crippen LogP contribution in [0.15, 0.2) is 22.7 Å². The number of nitrogens with zero attached hydrogens (tertiary/aromatic N) is 2. The largest absolute Gasteiger partial charge is 0.401 e. The number of halogens is 4. The van der Waals surface area contributed by atoms with E-state index in [9.17, 15) is 13.2 Å². The Bertz CT molecular complexity index is 457. The van der Waals surface area contributed by atoms with Crippen molar-refractivity contribution < 1.29 is 13.2 Å². The number of rotatable bonds is 3. The molecule has 1 heterocycles. The molecule has 7 heteroatoms. The Morgan fingerprint density at radius 1 is 1.15 bits per heavy atom. The topological polar surface area (TPSA) is 32.5 Å². The quantitative estimate of drug-likeness (QED) is 0.908. The van der Waals surface area contributed by atoms with Crippen molar-refractivity contribution in [3.8, 4) is 0 Å². The van der Waals surface area contributed by atoms with Crippen LogP contribution in [0.25, 0.3) is 0 Å². The van der Waals surface area contributed by atoms with Gasteiger partial charge < -0.3 is 10.6 Å². The van der Waals surface area contributed by atoms with Gasteiger partial charge in [0.2, 0.25) is 0 Å². The lowest BCUT2D eigenvalue weighted by Gasteiger charge is -2.37. The van der Waals surface area contributed by atoms with Crippen LogP contribution in [-0.4, -0.2) is 43.8 Å². The molecule has 1 aromatic rings. The highest BCUT2D eigenvalue weighted by Gasteiger charge is 2.32. The monoisotopic (exact) mass is 351 g/mol. The van der Waals surface area contributed by atoms with Crippen LogP contribution in [0.5, 0.6) is 0 Å². The predicted octanol–water partition coefficient (Wildman–Crippen LogP) is 2.59. The van der Waals surface area contributed by atoms with E-state index >= 15 is 0 Å². The zero-order chi connectivity index (χ0) is 14.8. The van der Waals surface area contributed by atoms with Gasteiger partial charge in [0.05, 0.1) is 6.54 Å². The minimum atomic E-state index is -4.12. The number of alkyl halides is 3. The Morgan fingerprint density at radius 3 is 2.35 bits per heavy atom. The summed E-state index contributed by atoms with van der Waals surface area (Å²) in [5.74, 6) is 0. The van der Waals surface area contributed by atoms with Crippen LogP contribution >= 0.6 is 15.9 Å². The molecule has 0 aromatic heterocycles. The molecule has 0 radical (unpaired) electrons. The average molecular weight is 352 g/mol. The predicted molar refractivity (Wildman–Crippen MR) is 76.7 cm³/mol. The highest BCUT2D eigenvalue weighted by molar-refractivity contribution is 9.10. The molecule has 1 saturated heterocycles. The smallest absolute Gasteiger partial charge is 0.369 e. The summed E-state index contributed by atoms with van der Waals surface area (Å²) >= 11 is 3.40. The highest BCUT2D eigenvalue weighted by Crippen LogP contribution is 2.26. The molecule has 0 amide bonds. The van der Waals surface area contributed by atoms with Crippen LogP contribution in [0.2, 0.25) is 0 Å². The van der Waals surface area contributed by atoms with Crippen molar-refractivity contribution in [2.24, 2.45) is 5.73 Å². The number of hydrogen-bond acceptors (Lipinski definition) is 3. The van der Waals surface area contributed by atoms with Crippen molar-refractivity contribution in [2.75, 3.05) is 37.6 Å². The lowest BCUT2D eigenvalue weighted by Crippen LogP contribution is -2.49. The summed E-state index contributed by atoms with van der Waals surface area (Å²) in [5, 5.41) is 0. The van der Waals surface area contributed by atoms with E-state index in [4.69, 9.17) is 5.73 Å². The van der Waals surface area contributed by atoms with Crippen LogP contribution in [0.1, 0.15) is 5.56 Å². The minimum absolute atomic E-state index is 0.414. The molecule has 3 nitrogen and oxygen atoms in total. The van der Waals surface area contributed by atoms with E-state index in [1.165, 1.54) is 4.90 Å². The first kappa shape index (κ1) is 15.6. The fourth-order valence-electron chi connectivity index (χ4n) is 2.43. The summed E-state index contributed by atoms with van der Waals surface area (Å²) in [6.07, 6.45) is -4.12. The molecule has 0 saturated carbocycles.